The van der Waals surface area contributed by atoms with E-state index < -0.39 is 0 Å². The zero-order valence-corrected chi connectivity index (χ0v) is 38.7. The third-order valence-electron chi connectivity index (χ3n) is 12.7. The number of allylic oxidation sites excluding steroid dienone is 3. The van der Waals surface area contributed by atoms with Gasteiger partial charge in [-0.1, -0.05) is 84.5 Å². The number of rotatable bonds is 8. The average molecular weight is 938 g/mol. The maximum Gasteiger partial charge on any atom is 0.190 e. The number of aliphatic hydroxyl groups is 1. The SMILES string of the molecule is CC1CC(c2cnc3c(C#N)nn([C@H](C)c4ccc(Cl)cc4Cl)c3n2)=CCC1=O.C[C@H](c1ccc(Cl)cc1Cl)n1nc(C#N)c2ncc(C3=CCC(N4CCC[C@H]4CO)[C@@H](C)C3)nc21. The first-order valence-electron chi connectivity index (χ1n) is 21.3. The summed E-state index contributed by atoms with van der Waals surface area (Å²) in [5.41, 5.74) is 7.73. The van der Waals surface area contributed by atoms with Gasteiger partial charge in [0, 0.05) is 44.5 Å². The van der Waals surface area contributed by atoms with Crippen LogP contribution in [0.5, 0.6) is 0 Å². The first-order valence-corrected chi connectivity index (χ1v) is 22.8. The number of aromatic nitrogens is 8. The van der Waals surface area contributed by atoms with Crippen LogP contribution < -0.4 is 0 Å². The summed E-state index contributed by atoms with van der Waals surface area (Å²) in [6.07, 6.45) is 12.6. The minimum absolute atomic E-state index is 0.0427. The summed E-state index contributed by atoms with van der Waals surface area (Å²) in [7, 11) is 0. The van der Waals surface area contributed by atoms with E-state index in [1.165, 1.54) is 0 Å². The molecular weight excluding hydrogens is 892 g/mol. The summed E-state index contributed by atoms with van der Waals surface area (Å²) in [5.74, 6) is 0.621. The van der Waals surface area contributed by atoms with Crippen molar-refractivity contribution in [2.45, 2.75) is 90.4 Å². The van der Waals surface area contributed by atoms with E-state index in [0.717, 1.165) is 60.2 Å². The van der Waals surface area contributed by atoms with Crippen molar-refractivity contribution >= 4 is 85.7 Å². The van der Waals surface area contributed by atoms with Crippen LogP contribution in [0, 0.1) is 34.5 Å². The van der Waals surface area contributed by atoms with Crippen molar-refractivity contribution < 1.29 is 9.90 Å². The number of hydrogen-bond acceptors (Lipinski definition) is 11. The monoisotopic (exact) mass is 935 g/mol. The molecule has 6 atom stereocenters. The van der Waals surface area contributed by atoms with Crippen molar-refractivity contribution in [2.75, 3.05) is 13.2 Å². The van der Waals surface area contributed by atoms with Crippen LogP contribution in [0.25, 0.3) is 33.5 Å². The third-order valence-corrected chi connectivity index (χ3v) is 13.8. The van der Waals surface area contributed by atoms with Gasteiger partial charge in [-0.2, -0.15) is 20.7 Å². The van der Waals surface area contributed by atoms with Gasteiger partial charge in [-0.3, -0.25) is 9.69 Å². The summed E-state index contributed by atoms with van der Waals surface area (Å²) < 4.78 is 3.39. The average Bonchev–Trinajstić information content (AvgIpc) is 4.02. The first-order chi connectivity index (χ1) is 30.8. The van der Waals surface area contributed by atoms with Gasteiger partial charge in [0.2, 0.25) is 0 Å². The molecule has 2 aromatic carbocycles. The van der Waals surface area contributed by atoms with Gasteiger partial charge < -0.3 is 5.11 Å². The molecule has 2 unspecified atom stereocenters. The molecule has 9 rings (SSSR count). The number of nitrogens with zero attached hydrogens (tertiary/aromatic N) is 11. The van der Waals surface area contributed by atoms with Gasteiger partial charge in [0.1, 0.15) is 29.0 Å². The van der Waals surface area contributed by atoms with Crippen LogP contribution in [0.4, 0.5) is 0 Å². The highest BCUT2D eigenvalue weighted by molar-refractivity contribution is 6.35. The second-order valence-corrected chi connectivity index (χ2v) is 18.5. The molecule has 1 aliphatic heterocycles. The molecule has 6 aromatic rings. The number of aliphatic hydroxyl groups excluding tert-OH is 1. The molecule has 0 amide bonds. The minimum Gasteiger partial charge on any atom is -0.395 e. The Morgan fingerprint density at radius 1 is 0.797 bits per heavy atom. The van der Waals surface area contributed by atoms with Crippen molar-refractivity contribution in [3.63, 3.8) is 0 Å². The lowest BCUT2D eigenvalue weighted by Gasteiger charge is -2.38. The number of carbonyl (C=O) groups excluding carboxylic acids is 1. The lowest BCUT2D eigenvalue weighted by atomic mass is 9.83. The van der Waals surface area contributed by atoms with Crippen LogP contribution >= 0.6 is 46.4 Å². The van der Waals surface area contributed by atoms with E-state index in [0.29, 0.717) is 72.9 Å². The van der Waals surface area contributed by atoms with Crippen LogP contribution in [-0.2, 0) is 4.79 Å². The van der Waals surface area contributed by atoms with Gasteiger partial charge in [0.25, 0.3) is 0 Å². The number of benzene rings is 2. The molecule has 3 aliphatic rings. The zero-order chi connectivity index (χ0) is 45.4. The number of Topliss-reactive ketones (excluding diaryl/α,β-unsaturated/α-hetero) is 1. The van der Waals surface area contributed by atoms with Crippen molar-refractivity contribution in [1.29, 1.82) is 10.5 Å². The molecule has 2 aliphatic carbocycles. The first kappa shape index (κ1) is 45.3. The van der Waals surface area contributed by atoms with E-state index in [1.54, 1.807) is 46.0 Å². The molecule has 0 bridgehead atoms. The summed E-state index contributed by atoms with van der Waals surface area (Å²) in [6.45, 7) is 9.37. The van der Waals surface area contributed by atoms with E-state index in [4.69, 9.17) is 56.4 Å². The molecule has 64 heavy (non-hydrogen) atoms. The molecule has 5 heterocycles. The van der Waals surface area contributed by atoms with E-state index in [2.05, 4.69) is 50.2 Å². The molecule has 1 saturated heterocycles. The minimum atomic E-state index is -0.283. The lowest BCUT2D eigenvalue weighted by Crippen LogP contribution is -2.45. The summed E-state index contributed by atoms with van der Waals surface area (Å²) in [6, 6.07) is 15.0. The Labute approximate surface area is 391 Å². The Morgan fingerprint density at radius 2 is 1.33 bits per heavy atom. The highest BCUT2D eigenvalue weighted by atomic mass is 35.5. The maximum atomic E-state index is 11.8. The molecular formula is C47H45Cl4N11O2. The molecule has 4 aromatic heterocycles. The topological polar surface area (TPSA) is 175 Å². The smallest absolute Gasteiger partial charge is 0.190 e. The standard InChI is InChI=1S/C26H28Cl2N6O.C21H17Cl2N5O/c1-15-10-17(5-8-24(15)33-9-3-4-19(33)14-35)23-13-30-25-22(12-29)32-34(26(25)31-23)16(2)20-7-6-18(27)11-21(20)28;1-11-7-13(3-6-19(11)29)18-10-25-20-17(9-24)27-28(21(20)26-18)12(2)15-5-4-14(22)8-16(15)23/h5-7,11,13,15-16,19,24,35H,3-4,8-10,14H2,1-2H3;3-5,8,10-12H,6-7H2,1-2H3/t15-,16+,19-,24?;11?,12-/m01/s1. The second kappa shape index (κ2) is 19.1. The number of fused-ring (bicyclic) bond motifs is 2. The normalized spacial score (nSPS) is 21.1. The number of likely N-dealkylation sites (tertiary alicyclic amines) is 1. The van der Waals surface area contributed by atoms with Crippen LogP contribution in [-0.4, -0.2) is 80.5 Å². The highest BCUT2D eigenvalue weighted by Gasteiger charge is 2.35. The fourth-order valence-electron chi connectivity index (χ4n) is 9.15. The quantitative estimate of drug-likeness (QED) is 0.154. The third kappa shape index (κ3) is 8.90. The van der Waals surface area contributed by atoms with E-state index in [1.807, 2.05) is 39.0 Å². The van der Waals surface area contributed by atoms with Crippen molar-refractivity contribution in [2.24, 2.45) is 11.8 Å². The van der Waals surface area contributed by atoms with Gasteiger partial charge in [-0.05, 0) is 105 Å². The van der Waals surface area contributed by atoms with Crippen LogP contribution in [0.3, 0.4) is 0 Å². The van der Waals surface area contributed by atoms with Gasteiger partial charge in [0.15, 0.2) is 22.7 Å². The maximum absolute atomic E-state index is 11.8. The summed E-state index contributed by atoms with van der Waals surface area (Å²) in [5, 5.41) is 40.0. The Hall–Kier alpha value is -5.25. The van der Waals surface area contributed by atoms with Crippen molar-refractivity contribution in [1.82, 2.24) is 44.4 Å². The molecule has 13 nitrogen and oxygen atoms in total. The van der Waals surface area contributed by atoms with Gasteiger partial charge in [-0.25, -0.2) is 29.3 Å². The van der Waals surface area contributed by atoms with Gasteiger partial charge >= 0.3 is 0 Å². The molecule has 1 N–H and O–H groups in total. The van der Waals surface area contributed by atoms with E-state index in [-0.39, 0.29) is 47.8 Å². The van der Waals surface area contributed by atoms with Crippen LogP contribution in [0.1, 0.15) is 112 Å². The predicted octanol–water partition coefficient (Wildman–Crippen LogP) is 10.2. The number of hydrogen-bond donors (Lipinski definition) is 1. The Morgan fingerprint density at radius 3 is 1.80 bits per heavy atom. The Kier molecular flexibility index (Phi) is 13.5. The van der Waals surface area contributed by atoms with Gasteiger partial charge in [0.05, 0.1) is 42.5 Å². The van der Waals surface area contributed by atoms with E-state index >= 15 is 0 Å². The fraction of sp³-hybridized carbons (Fsp3) is 0.383. The summed E-state index contributed by atoms with van der Waals surface area (Å²) in [4.78, 5) is 33.1. The fourth-order valence-corrected chi connectivity index (χ4v) is 10.3. The number of ketones is 1. The van der Waals surface area contributed by atoms with Crippen LogP contribution in [0.15, 0.2) is 60.9 Å². The largest absolute Gasteiger partial charge is 0.395 e. The van der Waals surface area contributed by atoms with Crippen molar-refractivity contribution in [3.8, 4) is 12.1 Å². The molecule has 0 radical (unpaired) electrons. The zero-order valence-electron chi connectivity index (χ0n) is 35.7. The van der Waals surface area contributed by atoms with E-state index in [9.17, 15) is 20.4 Å². The van der Waals surface area contributed by atoms with Crippen LogP contribution in [0.2, 0.25) is 20.1 Å². The number of halogens is 4. The number of carbonyl (C=O) groups is 1. The number of nitriles is 2. The molecule has 0 saturated carbocycles. The molecule has 17 heteroatoms. The highest BCUT2D eigenvalue weighted by Crippen LogP contribution is 2.38. The van der Waals surface area contributed by atoms with Gasteiger partial charge in [-0.15, -0.1) is 0 Å². The molecule has 0 spiro atoms. The summed E-state index contributed by atoms with van der Waals surface area (Å²) >= 11 is 24.9. The molecule has 328 valence electrons. The van der Waals surface area contributed by atoms with Crippen molar-refractivity contribution in [3.05, 3.63) is 115 Å². The Balaban J connectivity index is 0.000000178. The Bertz CT molecular complexity index is 2930. The lowest BCUT2D eigenvalue weighted by molar-refractivity contribution is -0.121. The molecule has 1 fully saturated rings. The second-order valence-electron chi connectivity index (χ2n) is 16.8. The predicted molar refractivity (Wildman–Crippen MR) is 249 cm³/mol.